The lowest BCUT2D eigenvalue weighted by Gasteiger charge is -2.43. The summed E-state index contributed by atoms with van der Waals surface area (Å²) in [5.41, 5.74) is -3.31. The Morgan fingerprint density at radius 1 is 1.14 bits per heavy atom. The second kappa shape index (κ2) is 10.5. The molecule has 7 nitrogen and oxygen atoms in total. The summed E-state index contributed by atoms with van der Waals surface area (Å²) in [6, 6.07) is 5.06. The second-order valence-electron chi connectivity index (χ2n) is 9.84. The predicted octanol–water partition coefficient (Wildman–Crippen LogP) is 2.85. The topological polar surface area (TPSA) is 93.1 Å². The number of hydrogen-bond acceptors (Lipinski definition) is 7. The molecule has 0 aromatic heterocycles. The summed E-state index contributed by atoms with van der Waals surface area (Å²) in [6.07, 6.45) is 0.507. The first-order valence-corrected chi connectivity index (χ1v) is 13.4. The van der Waals surface area contributed by atoms with Crippen LogP contribution in [-0.4, -0.2) is 78.3 Å². The van der Waals surface area contributed by atoms with Crippen LogP contribution in [0.1, 0.15) is 32.8 Å². The molecule has 1 fully saturated rings. The van der Waals surface area contributed by atoms with Crippen molar-refractivity contribution in [2.75, 3.05) is 37.7 Å². The van der Waals surface area contributed by atoms with E-state index in [1.165, 1.54) is 34.6 Å². The molecule has 0 amide bonds. The Balaban J connectivity index is 1.88. The second-order valence-corrected chi connectivity index (χ2v) is 12.2. The zero-order chi connectivity index (χ0) is 26.9. The molecule has 3 rings (SSSR count). The van der Waals surface area contributed by atoms with Gasteiger partial charge in [-0.2, -0.15) is 17.5 Å². The molecule has 0 radical (unpaired) electrons. The minimum Gasteiger partial charge on any atom is -0.394 e. The van der Waals surface area contributed by atoms with Gasteiger partial charge in [0.05, 0.1) is 17.6 Å². The minimum absolute atomic E-state index is 0.106. The SMILES string of the molecule is CC(C)(CO)NC[C@@H]1CN(S(=O)(=O)C2=CC=CCC2=S)CCN1c1ccc([C@](C)(O)C(F)(F)F)cc1. The molecule has 2 aliphatic rings. The molecule has 0 unspecified atom stereocenters. The molecule has 1 saturated heterocycles. The van der Waals surface area contributed by atoms with Gasteiger partial charge in [-0.3, -0.25) is 0 Å². The highest BCUT2D eigenvalue weighted by Gasteiger charge is 2.51. The van der Waals surface area contributed by atoms with Gasteiger partial charge in [-0.1, -0.05) is 36.5 Å². The van der Waals surface area contributed by atoms with Gasteiger partial charge >= 0.3 is 6.18 Å². The molecule has 0 spiro atoms. The summed E-state index contributed by atoms with van der Waals surface area (Å²) >= 11 is 5.28. The molecule has 1 heterocycles. The summed E-state index contributed by atoms with van der Waals surface area (Å²) in [5, 5.41) is 22.9. The van der Waals surface area contributed by atoms with Crippen LogP contribution in [0.15, 0.2) is 47.4 Å². The van der Waals surface area contributed by atoms with Crippen molar-refractivity contribution in [2.24, 2.45) is 0 Å². The fourth-order valence-corrected chi connectivity index (χ4v) is 6.11. The lowest BCUT2D eigenvalue weighted by molar-refractivity contribution is -0.258. The molecule has 36 heavy (non-hydrogen) atoms. The third kappa shape index (κ3) is 6.00. The molecular weight excluding hydrogens is 515 g/mol. The van der Waals surface area contributed by atoms with Crippen LogP contribution in [0.2, 0.25) is 0 Å². The summed E-state index contributed by atoms with van der Waals surface area (Å²) in [7, 11) is -3.83. The lowest BCUT2D eigenvalue weighted by atomic mass is 9.95. The van der Waals surface area contributed by atoms with Gasteiger partial charge in [0.1, 0.15) is 0 Å². The third-order valence-corrected chi connectivity index (χ3v) is 9.02. The zero-order valence-electron chi connectivity index (χ0n) is 20.4. The number of anilines is 1. The first-order valence-electron chi connectivity index (χ1n) is 11.5. The van der Waals surface area contributed by atoms with E-state index in [9.17, 15) is 31.8 Å². The number of benzene rings is 1. The number of rotatable bonds is 8. The number of thiocarbonyl (C=S) groups is 1. The van der Waals surface area contributed by atoms with E-state index in [1.807, 2.05) is 4.90 Å². The largest absolute Gasteiger partial charge is 0.421 e. The fourth-order valence-electron chi connectivity index (χ4n) is 4.04. The van der Waals surface area contributed by atoms with Crippen molar-refractivity contribution in [3.05, 3.63) is 53.0 Å². The van der Waals surface area contributed by atoms with Gasteiger partial charge in [0.25, 0.3) is 0 Å². The molecule has 0 saturated carbocycles. The van der Waals surface area contributed by atoms with Crippen LogP contribution in [0, 0.1) is 0 Å². The Bertz CT molecular complexity index is 1130. The van der Waals surface area contributed by atoms with E-state index < -0.39 is 27.3 Å². The number of nitrogens with one attached hydrogen (secondary N) is 1. The van der Waals surface area contributed by atoms with E-state index in [1.54, 1.807) is 26.0 Å². The van der Waals surface area contributed by atoms with Crippen molar-refractivity contribution in [2.45, 2.75) is 50.6 Å². The molecule has 200 valence electrons. The first-order chi connectivity index (χ1) is 16.6. The number of nitrogens with zero attached hydrogens (tertiary/aromatic N) is 2. The van der Waals surface area contributed by atoms with Crippen LogP contribution < -0.4 is 10.2 Å². The van der Waals surface area contributed by atoms with Gasteiger partial charge in [0.15, 0.2) is 5.60 Å². The van der Waals surface area contributed by atoms with Crippen molar-refractivity contribution in [1.29, 1.82) is 0 Å². The summed E-state index contributed by atoms with van der Waals surface area (Å²) in [5.74, 6) is 0. The Hall–Kier alpha value is -1.83. The Kier molecular flexibility index (Phi) is 8.38. The summed E-state index contributed by atoms with van der Waals surface area (Å²) in [4.78, 5) is 2.38. The number of sulfonamides is 1. The molecule has 3 N–H and O–H groups in total. The van der Waals surface area contributed by atoms with Crippen molar-refractivity contribution >= 4 is 32.8 Å². The van der Waals surface area contributed by atoms with Gasteiger partial charge in [0.2, 0.25) is 10.0 Å². The highest BCUT2D eigenvalue weighted by Crippen LogP contribution is 2.39. The molecule has 1 aromatic carbocycles. The number of allylic oxidation sites excluding steroid dienone is 4. The van der Waals surface area contributed by atoms with Crippen LogP contribution in [0.5, 0.6) is 0 Å². The van der Waals surface area contributed by atoms with Gasteiger partial charge in [-0.25, -0.2) is 8.42 Å². The molecule has 0 bridgehead atoms. The monoisotopic (exact) mass is 547 g/mol. The molecule has 1 aliphatic heterocycles. The van der Waals surface area contributed by atoms with Crippen molar-refractivity contribution in [3.63, 3.8) is 0 Å². The molecule has 1 aromatic rings. The van der Waals surface area contributed by atoms with Gasteiger partial charge in [0, 0.05) is 48.7 Å². The maximum absolute atomic E-state index is 13.4. The number of hydrogen-bond donors (Lipinski definition) is 3. The quantitative estimate of drug-likeness (QED) is 0.431. The summed E-state index contributed by atoms with van der Waals surface area (Å²) in [6.45, 7) is 5.05. The Morgan fingerprint density at radius 3 is 2.33 bits per heavy atom. The van der Waals surface area contributed by atoms with Crippen molar-refractivity contribution in [1.82, 2.24) is 9.62 Å². The van der Waals surface area contributed by atoms with E-state index in [4.69, 9.17) is 12.2 Å². The van der Waals surface area contributed by atoms with E-state index in [2.05, 4.69) is 5.32 Å². The fraction of sp³-hybridized carbons (Fsp3) is 0.542. The van der Waals surface area contributed by atoms with E-state index in [-0.39, 0.29) is 42.8 Å². The molecule has 12 heteroatoms. The van der Waals surface area contributed by atoms with Crippen LogP contribution >= 0.6 is 12.2 Å². The number of aliphatic hydroxyl groups excluding tert-OH is 1. The lowest BCUT2D eigenvalue weighted by Crippen LogP contribution is -2.60. The normalized spacial score (nSPS) is 21.9. The van der Waals surface area contributed by atoms with E-state index >= 15 is 0 Å². The first kappa shape index (κ1) is 28.7. The van der Waals surface area contributed by atoms with E-state index in [0.717, 1.165) is 0 Å². The number of alkyl halides is 3. The van der Waals surface area contributed by atoms with Gasteiger partial charge in [-0.05, 0) is 44.5 Å². The predicted molar refractivity (Wildman–Crippen MR) is 137 cm³/mol. The molecule has 1 aliphatic carbocycles. The van der Waals surface area contributed by atoms with E-state index in [0.29, 0.717) is 30.4 Å². The average molecular weight is 548 g/mol. The minimum atomic E-state index is -4.83. The van der Waals surface area contributed by atoms with Gasteiger partial charge in [-0.15, -0.1) is 0 Å². The van der Waals surface area contributed by atoms with Crippen molar-refractivity contribution in [3.8, 4) is 0 Å². The standard InChI is InChI=1S/C24H32F3N3O4S2/c1-22(2,16-31)28-14-19-15-29(36(33,34)21-7-5-4-6-20(21)35)12-13-30(19)18-10-8-17(9-11-18)23(3,32)24(25,26)27/h4-5,7-11,19,28,31-32H,6,12-16H2,1-3H3/t19-,23+/m1/s1. The summed E-state index contributed by atoms with van der Waals surface area (Å²) < 4.78 is 67.9. The smallest absolute Gasteiger partial charge is 0.394 e. The highest BCUT2D eigenvalue weighted by molar-refractivity contribution is 7.96. The highest BCUT2D eigenvalue weighted by atomic mass is 32.2. The van der Waals surface area contributed by atoms with Crippen LogP contribution in [0.4, 0.5) is 18.9 Å². The number of piperazine rings is 1. The number of halogens is 3. The maximum atomic E-state index is 13.4. The van der Waals surface area contributed by atoms with Crippen LogP contribution in [0.25, 0.3) is 0 Å². The van der Waals surface area contributed by atoms with Crippen LogP contribution in [-0.2, 0) is 15.6 Å². The van der Waals surface area contributed by atoms with Crippen LogP contribution in [0.3, 0.4) is 0 Å². The third-order valence-electron chi connectivity index (χ3n) is 6.55. The van der Waals surface area contributed by atoms with Crippen molar-refractivity contribution < 1.29 is 31.8 Å². The maximum Gasteiger partial charge on any atom is 0.421 e. The number of aliphatic hydroxyl groups is 2. The molecular formula is C24H32F3N3O4S2. The Labute approximate surface area is 215 Å². The molecule has 2 atom stereocenters. The average Bonchev–Trinajstić information content (AvgIpc) is 2.82. The Morgan fingerprint density at radius 2 is 1.78 bits per heavy atom. The van der Waals surface area contributed by atoms with Gasteiger partial charge < -0.3 is 20.4 Å². The zero-order valence-corrected chi connectivity index (χ0v) is 22.1.